The number of nitrogens with zero attached hydrogens (tertiary/aromatic N) is 1. The summed E-state index contributed by atoms with van der Waals surface area (Å²) >= 11 is 0. The first-order valence-electron chi connectivity index (χ1n) is 8.58. The minimum Gasteiger partial charge on any atom is -0.465 e. The normalized spacial score (nSPS) is 20.9. The van der Waals surface area contributed by atoms with E-state index in [-0.39, 0.29) is 5.97 Å². The van der Waals surface area contributed by atoms with Crippen molar-refractivity contribution < 1.29 is 9.53 Å². The molecule has 0 aromatic carbocycles. The molecular formula is C17H34N2O2. The second-order valence-electron chi connectivity index (χ2n) is 6.61. The summed E-state index contributed by atoms with van der Waals surface area (Å²) in [4.78, 5) is 14.9. The lowest BCUT2D eigenvalue weighted by Crippen LogP contribution is -2.55. The Labute approximate surface area is 130 Å². The molecule has 124 valence electrons. The van der Waals surface area contributed by atoms with Crippen molar-refractivity contribution in [2.45, 2.75) is 90.9 Å². The quantitative estimate of drug-likeness (QED) is 0.630. The van der Waals surface area contributed by atoms with Crippen molar-refractivity contribution in [2.24, 2.45) is 0 Å². The van der Waals surface area contributed by atoms with Crippen molar-refractivity contribution in [1.82, 2.24) is 10.2 Å². The van der Waals surface area contributed by atoms with Crippen LogP contribution in [0.25, 0.3) is 0 Å². The van der Waals surface area contributed by atoms with Crippen LogP contribution in [0.15, 0.2) is 0 Å². The first kappa shape index (κ1) is 18.4. The highest BCUT2D eigenvalue weighted by molar-refractivity contribution is 5.80. The Bertz CT molecular complexity index is 331. The zero-order chi connectivity index (χ0) is 16.0. The molecule has 1 rings (SSSR count). The highest BCUT2D eigenvalue weighted by atomic mass is 16.5. The molecule has 0 heterocycles. The molecule has 1 fully saturated rings. The van der Waals surface area contributed by atoms with Crippen molar-refractivity contribution in [2.75, 3.05) is 13.2 Å². The summed E-state index contributed by atoms with van der Waals surface area (Å²) < 4.78 is 5.32. The molecule has 0 aliphatic heterocycles. The van der Waals surface area contributed by atoms with Crippen LogP contribution in [0.4, 0.5) is 0 Å². The van der Waals surface area contributed by atoms with Gasteiger partial charge >= 0.3 is 5.97 Å². The van der Waals surface area contributed by atoms with Gasteiger partial charge in [-0.25, -0.2) is 0 Å². The van der Waals surface area contributed by atoms with Gasteiger partial charge < -0.3 is 4.74 Å². The van der Waals surface area contributed by atoms with Gasteiger partial charge in [0.2, 0.25) is 0 Å². The number of ether oxygens (including phenoxy) is 1. The van der Waals surface area contributed by atoms with Gasteiger partial charge in [-0.3, -0.25) is 15.0 Å². The van der Waals surface area contributed by atoms with Crippen LogP contribution < -0.4 is 5.32 Å². The summed E-state index contributed by atoms with van der Waals surface area (Å²) in [5.41, 5.74) is -0.572. The number of nitrogens with one attached hydrogen (secondary N) is 1. The second kappa shape index (κ2) is 8.14. The molecule has 1 aliphatic carbocycles. The summed E-state index contributed by atoms with van der Waals surface area (Å²) in [6.45, 7) is 14.2. The van der Waals surface area contributed by atoms with E-state index in [2.05, 4.69) is 37.9 Å². The van der Waals surface area contributed by atoms with Crippen LogP contribution in [0.5, 0.6) is 0 Å². The van der Waals surface area contributed by atoms with Gasteiger partial charge in [-0.05, 0) is 59.9 Å². The largest absolute Gasteiger partial charge is 0.465 e. The van der Waals surface area contributed by atoms with Crippen LogP contribution in [0.2, 0.25) is 0 Å². The van der Waals surface area contributed by atoms with Crippen molar-refractivity contribution >= 4 is 5.97 Å². The van der Waals surface area contributed by atoms with E-state index in [4.69, 9.17) is 4.74 Å². The maximum absolute atomic E-state index is 12.4. The van der Waals surface area contributed by atoms with Gasteiger partial charge in [0.25, 0.3) is 0 Å². The van der Waals surface area contributed by atoms with Gasteiger partial charge in [-0.1, -0.05) is 13.8 Å². The zero-order valence-electron chi connectivity index (χ0n) is 14.7. The van der Waals surface area contributed by atoms with E-state index in [9.17, 15) is 4.79 Å². The minimum absolute atomic E-state index is 0.107. The Hall–Kier alpha value is -0.610. The average Bonchev–Trinajstić information content (AvgIpc) is 3.23. The Kier molecular flexibility index (Phi) is 7.14. The van der Waals surface area contributed by atoms with Crippen LogP contribution in [-0.4, -0.2) is 47.7 Å². The fourth-order valence-electron chi connectivity index (χ4n) is 3.17. The molecule has 4 nitrogen and oxygen atoms in total. The third-order valence-electron chi connectivity index (χ3n) is 4.62. The molecule has 1 saturated carbocycles. The number of hydrogen-bond acceptors (Lipinski definition) is 4. The third kappa shape index (κ3) is 5.26. The lowest BCUT2D eigenvalue weighted by molar-refractivity contribution is -0.151. The number of rotatable bonds is 10. The molecule has 21 heavy (non-hydrogen) atoms. The van der Waals surface area contributed by atoms with E-state index < -0.39 is 5.54 Å². The highest BCUT2D eigenvalue weighted by Gasteiger charge is 2.41. The predicted molar refractivity (Wildman–Crippen MR) is 87.4 cm³/mol. The average molecular weight is 298 g/mol. The van der Waals surface area contributed by atoms with Crippen molar-refractivity contribution in [3.05, 3.63) is 0 Å². The smallest absolute Gasteiger partial charge is 0.326 e. The first-order valence-corrected chi connectivity index (χ1v) is 8.58. The summed E-state index contributed by atoms with van der Waals surface area (Å²) in [6.07, 6.45) is 4.27. The Balaban J connectivity index is 2.76. The van der Waals surface area contributed by atoms with Crippen molar-refractivity contribution in [3.8, 4) is 0 Å². The Morgan fingerprint density at radius 1 is 1.29 bits per heavy atom. The maximum Gasteiger partial charge on any atom is 0.326 e. The van der Waals surface area contributed by atoms with E-state index in [1.54, 1.807) is 0 Å². The topological polar surface area (TPSA) is 41.6 Å². The minimum atomic E-state index is -0.572. The standard InChI is InChI=1S/C17H34N2O2/c1-7-13(4)19(8-2)14(5)12-17(6,16(20)21-9-3)18-15-10-11-15/h13-15,18H,7-12H2,1-6H3. The van der Waals surface area contributed by atoms with Gasteiger partial charge in [-0.15, -0.1) is 0 Å². The lowest BCUT2D eigenvalue weighted by atomic mass is 9.91. The van der Waals surface area contributed by atoms with Crippen LogP contribution in [0.3, 0.4) is 0 Å². The molecule has 1 aliphatic rings. The van der Waals surface area contributed by atoms with Gasteiger partial charge in [0.1, 0.15) is 5.54 Å². The zero-order valence-corrected chi connectivity index (χ0v) is 14.7. The van der Waals surface area contributed by atoms with Gasteiger partial charge in [0.05, 0.1) is 6.61 Å². The van der Waals surface area contributed by atoms with E-state index >= 15 is 0 Å². The number of carbonyl (C=O) groups excluding carboxylic acids is 1. The molecule has 0 spiro atoms. The van der Waals surface area contributed by atoms with Crippen LogP contribution >= 0.6 is 0 Å². The molecule has 1 N–H and O–H groups in total. The van der Waals surface area contributed by atoms with Gasteiger partial charge in [0.15, 0.2) is 0 Å². The summed E-state index contributed by atoms with van der Waals surface area (Å²) in [5.74, 6) is -0.107. The predicted octanol–water partition coefficient (Wildman–Crippen LogP) is 2.96. The van der Waals surface area contributed by atoms with Crippen LogP contribution in [-0.2, 0) is 9.53 Å². The molecule has 0 saturated heterocycles. The molecule has 0 bridgehead atoms. The molecule has 0 radical (unpaired) electrons. The Morgan fingerprint density at radius 3 is 2.33 bits per heavy atom. The third-order valence-corrected chi connectivity index (χ3v) is 4.62. The van der Waals surface area contributed by atoms with Crippen molar-refractivity contribution in [1.29, 1.82) is 0 Å². The van der Waals surface area contributed by atoms with Crippen molar-refractivity contribution in [3.63, 3.8) is 0 Å². The van der Waals surface area contributed by atoms with Crippen LogP contribution in [0.1, 0.15) is 67.2 Å². The second-order valence-corrected chi connectivity index (χ2v) is 6.61. The molecule has 0 amide bonds. The fourth-order valence-corrected chi connectivity index (χ4v) is 3.17. The first-order chi connectivity index (χ1) is 9.87. The van der Waals surface area contributed by atoms with E-state index in [1.807, 2.05) is 13.8 Å². The number of carbonyl (C=O) groups is 1. The highest BCUT2D eigenvalue weighted by Crippen LogP contribution is 2.27. The van der Waals surface area contributed by atoms with E-state index in [1.165, 1.54) is 12.8 Å². The molecular weight excluding hydrogens is 264 g/mol. The van der Waals surface area contributed by atoms with E-state index in [0.717, 1.165) is 19.4 Å². The van der Waals surface area contributed by atoms with E-state index in [0.29, 0.717) is 24.7 Å². The molecule has 4 heteroatoms. The van der Waals surface area contributed by atoms with Gasteiger partial charge in [-0.2, -0.15) is 0 Å². The molecule has 3 atom stereocenters. The SMILES string of the molecule is CCOC(=O)C(C)(CC(C)N(CC)C(C)CC)NC1CC1. The number of hydrogen-bond donors (Lipinski definition) is 1. The fraction of sp³-hybridized carbons (Fsp3) is 0.941. The van der Waals surface area contributed by atoms with Gasteiger partial charge in [0, 0.05) is 18.1 Å². The monoisotopic (exact) mass is 298 g/mol. The summed E-state index contributed by atoms with van der Waals surface area (Å²) in [5, 5.41) is 3.52. The molecule has 0 aromatic rings. The lowest BCUT2D eigenvalue weighted by Gasteiger charge is -2.38. The van der Waals surface area contributed by atoms with Crippen LogP contribution in [0, 0.1) is 0 Å². The summed E-state index contributed by atoms with van der Waals surface area (Å²) in [7, 11) is 0. The summed E-state index contributed by atoms with van der Waals surface area (Å²) in [6, 6.07) is 1.38. The Morgan fingerprint density at radius 2 is 1.90 bits per heavy atom. The maximum atomic E-state index is 12.4. The molecule has 3 unspecified atom stereocenters. The number of esters is 1. The molecule has 0 aromatic heterocycles.